The molecule has 1 N–H and O–H groups in total. The Morgan fingerprint density at radius 3 is 2.56 bits per heavy atom. The molecule has 2 heterocycles. The number of carbonyl (C=O) groups excluding carboxylic acids is 1. The second kappa shape index (κ2) is 10.8. The topological polar surface area (TPSA) is 103 Å². The third-order valence-corrected chi connectivity index (χ3v) is 6.35. The normalized spacial score (nSPS) is 10.9. The molecule has 0 aliphatic rings. The number of rotatable bonds is 10. The maximum Gasteiger partial charge on any atom is 0.269 e. The van der Waals surface area contributed by atoms with Gasteiger partial charge >= 0.3 is 0 Å². The minimum Gasteiger partial charge on any atom is -0.356 e. The highest BCUT2D eigenvalue weighted by Gasteiger charge is 2.16. The number of hydrogen-bond acceptors (Lipinski definition) is 6. The molecule has 4 rings (SSSR count). The van der Waals surface area contributed by atoms with Crippen LogP contribution in [-0.4, -0.2) is 32.1 Å². The lowest BCUT2D eigenvalue weighted by atomic mass is 10.1. The highest BCUT2D eigenvalue weighted by molar-refractivity contribution is 7.09. The van der Waals surface area contributed by atoms with Crippen molar-refractivity contribution in [1.82, 2.24) is 20.1 Å². The van der Waals surface area contributed by atoms with E-state index in [0.29, 0.717) is 12.2 Å². The maximum absolute atomic E-state index is 12.7. The number of carbonyl (C=O) groups is 1. The summed E-state index contributed by atoms with van der Waals surface area (Å²) in [5.74, 6) is -0.0825. The summed E-state index contributed by atoms with van der Waals surface area (Å²) in [4.78, 5) is 27.7. The van der Waals surface area contributed by atoms with Crippen LogP contribution in [0.1, 0.15) is 29.1 Å². The van der Waals surface area contributed by atoms with Gasteiger partial charge < -0.3 is 5.32 Å². The number of nitrogens with one attached hydrogen (secondary N) is 1. The van der Waals surface area contributed by atoms with Crippen LogP contribution < -0.4 is 5.32 Å². The summed E-state index contributed by atoms with van der Waals surface area (Å²) < 4.78 is 1.73. The first-order valence-corrected chi connectivity index (χ1v) is 11.9. The van der Waals surface area contributed by atoms with E-state index in [9.17, 15) is 14.9 Å². The van der Waals surface area contributed by atoms with Gasteiger partial charge in [0.05, 0.1) is 27.7 Å². The van der Waals surface area contributed by atoms with Crippen LogP contribution in [0.25, 0.3) is 16.9 Å². The highest BCUT2D eigenvalue weighted by Crippen LogP contribution is 2.26. The Kier molecular flexibility index (Phi) is 7.44. The first-order chi connectivity index (χ1) is 16.5. The molecular formula is C25H25N5O3S. The van der Waals surface area contributed by atoms with E-state index in [1.807, 2.05) is 43.5 Å². The van der Waals surface area contributed by atoms with Crippen LogP contribution in [0, 0.1) is 17.0 Å². The van der Waals surface area contributed by atoms with Gasteiger partial charge in [0.15, 0.2) is 0 Å². The van der Waals surface area contributed by atoms with Gasteiger partial charge in [-0.1, -0.05) is 18.2 Å². The van der Waals surface area contributed by atoms with Gasteiger partial charge in [-0.15, -0.1) is 11.3 Å². The van der Waals surface area contributed by atoms with E-state index in [1.165, 1.54) is 12.1 Å². The first-order valence-electron chi connectivity index (χ1n) is 11.1. The number of nitrogens with zero attached hydrogens (tertiary/aromatic N) is 4. The molecule has 0 saturated heterocycles. The number of aromatic nitrogens is 3. The molecule has 0 saturated carbocycles. The number of non-ortho nitro benzene ring substituents is 1. The number of amides is 1. The molecule has 2 aromatic heterocycles. The van der Waals surface area contributed by atoms with Crippen molar-refractivity contribution in [2.75, 3.05) is 6.54 Å². The zero-order valence-corrected chi connectivity index (χ0v) is 19.6. The van der Waals surface area contributed by atoms with Crippen LogP contribution in [0.4, 0.5) is 5.69 Å². The Labute approximate surface area is 201 Å². The predicted molar refractivity (Wildman–Crippen MR) is 132 cm³/mol. The third kappa shape index (κ3) is 5.93. The fourth-order valence-corrected chi connectivity index (χ4v) is 4.44. The molecule has 174 valence electrons. The van der Waals surface area contributed by atoms with E-state index in [1.54, 1.807) is 28.2 Å². The minimum absolute atomic E-state index is 0.0124. The van der Waals surface area contributed by atoms with Crippen molar-refractivity contribution >= 4 is 22.9 Å². The van der Waals surface area contributed by atoms with Crippen LogP contribution in [0.5, 0.6) is 0 Å². The number of nitro groups is 1. The maximum atomic E-state index is 12.7. The lowest BCUT2D eigenvalue weighted by molar-refractivity contribution is -0.384. The Hall–Kier alpha value is -3.85. The Morgan fingerprint density at radius 2 is 1.88 bits per heavy atom. The summed E-state index contributed by atoms with van der Waals surface area (Å²) in [6.07, 6.45) is 4.78. The molecule has 0 bridgehead atoms. The molecule has 1 amide bonds. The van der Waals surface area contributed by atoms with Crippen LogP contribution in [-0.2, 0) is 17.6 Å². The second-order valence-corrected chi connectivity index (χ2v) is 8.90. The predicted octanol–water partition coefficient (Wildman–Crippen LogP) is 4.89. The number of unbranched alkanes of at least 4 members (excludes halogenated alkanes) is 1. The molecule has 0 atom stereocenters. The van der Waals surface area contributed by atoms with Gasteiger partial charge in [0.25, 0.3) is 5.69 Å². The average molecular weight is 476 g/mol. The number of hydrogen-bond donors (Lipinski definition) is 1. The van der Waals surface area contributed by atoms with Crippen molar-refractivity contribution in [3.8, 4) is 16.9 Å². The molecular weight excluding hydrogens is 450 g/mol. The van der Waals surface area contributed by atoms with E-state index < -0.39 is 4.92 Å². The molecule has 0 aliphatic carbocycles. The van der Waals surface area contributed by atoms with Gasteiger partial charge in [0.2, 0.25) is 5.91 Å². The van der Waals surface area contributed by atoms with Crippen molar-refractivity contribution in [2.45, 2.75) is 32.6 Å². The van der Waals surface area contributed by atoms with Crippen LogP contribution in [0.15, 0.2) is 66.2 Å². The van der Waals surface area contributed by atoms with E-state index in [4.69, 9.17) is 0 Å². The van der Waals surface area contributed by atoms with Crippen LogP contribution >= 0.6 is 11.3 Å². The van der Waals surface area contributed by atoms with Crippen LogP contribution in [0.2, 0.25) is 0 Å². The van der Waals surface area contributed by atoms with E-state index in [2.05, 4.69) is 20.8 Å². The zero-order chi connectivity index (χ0) is 23.9. The molecule has 0 aliphatic heterocycles. The molecule has 34 heavy (non-hydrogen) atoms. The highest BCUT2D eigenvalue weighted by atomic mass is 32.1. The van der Waals surface area contributed by atoms with Crippen molar-refractivity contribution in [1.29, 1.82) is 0 Å². The van der Waals surface area contributed by atoms with E-state index in [0.717, 1.165) is 46.8 Å². The van der Waals surface area contributed by atoms with Gasteiger partial charge in [0.1, 0.15) is 0 Å². The summed E-state index contributed by atoms with van der Waals surface area (Å²) in [5, 5.41) is 21.9. The van der Waals surface area contributed by atoms with E-state index >= 15 is 0 Å². The van der Waals surface area contributed by atoms with Crippen molar-refractivity contribution in [3.63, 3.8) is 0 Å². The fourth-order valence-electron chi connectivity index (χ4n) is 3.62. The standard InChI is InChI=1S/C25H25N5O3S/c1-18-17-34-24(27-18)9-5-6-14-26-23(31)15-20-16-29(21-7-3-2-4-8-21)28-25(20)19-10-12-22(13-11-19)30(32)33/h2-4,7-8,10-13,16-17H,5-6,9,14-15H2,1H3,(H,26,31). The average Bonchev–Trinajstić information content (AvgIpc) is 3.45. The smallest absolute Gasteiger partial charge is 0.269 e. The monoisotopic (exact) mass is 475 g/mol. The minimum atomic E-state index is -0.434. The molecule has 0 radical (unpaired) electrons. The fraction of sp³-hybridized carbons (Fsp3) is 0.240. The summed E-state index contributed by atoms with van der Waals surface area (Å²) in [6, 6.07) is 15.9. The van der Waals surface area contributed by atoms with Crippen molar-refractivity contribution < 1.29 is 9.72 Å². The largest absolute Gasteiger partial charge is 0.356 e. The Balaban J connectivity index is 1.43. The Bertz CT molecular complexity index is 1270. The first kappa shape index (κ1) is 23.3. The summed E-state index contributed by atoms with van der Waals surface area (Å²) >= 11 is 1.67. The summed E-state index contributed by atoms with van der Waals surface area (Å²) in [7, 11) is 0. The van der Waals surface area contributed by atoms with Gasteiger partial charge in [-0.05, 0) is 50.5 Å². The SMILES string of the molecule is Cc1csc(CCCCNC(=O)Cc2cn(-c3ccccc3)nc2-c2ccc([N+](=O)[O-])cc2)n1. The second-order valence-electron chi connectivity index (χ2n) is 7.95. The molecule has 9 heteroatoms. The molecule has 4 aromatic rings. The van der Waals surface area contributed by atoms with E-state index in [-0.39, 0.29) is 18.0 Å². The molecule has 0 unspecified atom stereocenters. The van der Waals surface area contributed by atoms with Gasteiger partial charge in [-0.3, -0.25) is 14.9 Å². The molecule has 2 aromatic carbocycles. The number of aryl methyl sites for hydroxylation is 2. The molecule has 0 spiro atoms. The number of para-hydroxylation sites is 1. The van der Waals surface area contributed by atoms with Crippen LogP contribution in [0.3, 0.4) is 0 Å². The lowest BCUT2D eigenvalue weighted by Gasteiger charge is -2.05. The van der Waals surface area contributed by atoms with Gasteiger partial charge in [-0.2, -0.15) is 5.10 Å². The van der Waals surface area contributed by atoms with Gasteiger partial charge in [0, 0.05) is 47.1 Å². The molecule has 0 fully saturated rings. The van der Waals surface area contributed by atoms with Crippen molar-refractivity contribution in [2.24, 2.45) is 0 Å². The van der Waals surface area contributed by atoms with Crippen molar-refractivity contribution in [3.05, 3.63) is 92.6 Å². The summed E-state index contributed by atoms with van der Waals surface area (Å²) in [6.45, 7) is 2.59. The number of benzene rings is 2. The number of nitro benzene ring substituents is 1. The Morgan fingerprint density at radius 1 is 1.12 bits per heavy atom. The lowest BCUT2D eigenvalue weighted by Crippen LogP contribution is -2.26. The van der Waals surface area contributed by atoms with Gasteiger partial charge in [-0.25, -0.2) is 9.67 Å². The molecule has 8 nitrogen and oxygen atoms in total. The number of thiazole rings is 1. The summed E-state index contributed by atoms with van der Waals surface area (Å²) in [5.41, 5.74) is 4.05. The zero-order valence-electron chi connectivity index (χ0n) is 18.8. The third-order valence-electron chi connectivity index (χ3n) is 5.32. The quantitative estimate of drug-likeness (QED) is 0.200.